The number of benzene rings is 1. The summed E-state index contributed by atoms with van der Waals surface area (Å²) in [4.78, 5) is 0. The summed E-state index contributed by atoms with van der Waals surface area (Å²) >= 11 is 0. The Hall–Kier alpha value is -1.18. The van der Waals surface area contributed by atoms with Gasteiger partial charge in [0.05, 0.1) is 7.11 Å². The van der Waals surface area contributed by atoms with E-state index in [4.69, 9.17) is 4.74 Å². The number of hydrogen-bond acceptors (Lipinski definition) is 2. The number of aryl methyl sites for hydroxylation is 1. The van der Waals surface area contributed by atoms with E-state index >= 15 is 0 Å². The van der Waals surface area contributed by atoms with Crippen molar-refractivity contribution in [2.75, 3.05) is 12.4 Å². The first kappa shape index (κ1) is 13.3. The van der Waals surface area contributed by atoms with E-state index in [9.17, 15) is 0 Å². The number of nitrogens with one attached hydrogen (secondary N) is 1. The Morgan fingerprint density at radius 2 is 1.89 bits per heavy atom. The Labute approximate surface area is 111 Å². The number of anilines is 1. The van der Waals surface area contributed by atoms with Gasteiger partial charge in [-0.3, -0.25) is 0 Å². The minimum atomic E-state index is 0.490. The van der Waals surface area contributed by atoms with Crippen LogP contribution < -0.4 is 10.1 Å². The topological polar surface area (TPSA) is 21.3 Å². The summed E-state index contributed by atoms with van der Waals surface area (Å²) in [5.74, 6) is 1.50. The van der Waals surface area contributed by atoms with Crippen molar-refractivity contribution in [3.8, 4) is 5.75 Å². The SMILES string of the molecule is COc1cc(C)c(NC2CCCC2)cc1C(C)C. The van der Waals surface area contributed by atoms with Crippen molar-refractivity contribution in [2.45, 2.75) is 58.4 Å². The molecule has 100 valence electrons. The molecule has 2 heteroatoms. The first-order valence-corrected chi connectivity index (χ1v) is 7.07. The van der Waals surface area contributed by atoms with Gasteiger partial charge in [0.2, 0.25) is 0 Å². The van der Waals surface area contributed by atoms with Crippen LogP contribution in [0.5, 0.6) is 5.75 Å². The molecule has 0 heterocycles. The van der Waals surface area contributed by atoms with Crippen LogP contribution in [0.3, 0.4) is 0 Å². The fourth-order valence-corrected chi connectivity index (χ4v) is 2.77. The quantitative estimate of drug-likeness (QED) is 0.847. The first-order chi connectivity index (χ1) is 8.61. The second-order valence-corrected chi connectivity index (χ2v) is 5.69. The molecule has 0 atom stereocenters. The molecule has 2 nitrogen and oxygen atoms in total. The Morgan fingerprint density at radius 3 is 2.44 bits per heavy atom. The first-order valence-electron chi connectivity index (χ1n) is 7.07. The van der Waals surface area contributed by atoms with Gasteiger partial charge in [-0.05, 0) is 48.9 Å². The molecule has 0 unspecified atom stereocenters. The Bertz CT molecular complexity index is 406. The highest BCUT2D eigenvalue weighted by Crippen LogP contribution is 2.33. The summed E-state index contributed by atoms with van der Waals surface area (Å²) in [6.45, 7) is 6.59. The molecule has 0 radical (unpaired) electrons. The van der Waals surface area contributed by atoms with E-state index in [2.05, 4.69) is 38.2 Å². The molecule has 2 rings (SSSR count). The van der Waals surface area contributed by atoms with Crippen molar-refractivity contribution in [3.63, 3.8) is 0 Å². The van der Waals surface area contributed by atoms with Crippen LogP contribution >= 0.6 is 0 Å². The van der Waals surface area contributed by atoms with E-state index in [1.54, 1.807) is 7.11 Å². The fraction of sp³-hybridized carbons (Fsp3) is 0.625. The lowest BCUT2D eigenvalue weighted by Gasteiger charge is -2.20. The lowest BCUT2D eigenvalue weighted by Crippen LogP contribution is -2.15. The van der Waals surface area contributed by atoms with E-state index < -0.39 is 0 Å². The molecule has 1 fully saturated rings. The third-order valence-corrected chi connectivity index (χ3v) is 3.91. The molecule has 18 heavy (non-hydrogen) atoms. The molecule has 0 spiro atoms. The molecule has 1 aromatic rings. The summed E-state index contributed by atoms with van der Waals surface area (Å²) in [6.07, 6.45) is 5.35. The molecule has 0 bridgehead atoms. The van der Waals surface area contributed by atoms with Gasteiger partial charge in [0.15, 0.2) is 0 Å². The number of methoxy groups -OCH3 is 1. The maximum atomic E-state index is 5.48. The smallest absolute Gasteiger partial charge is 0.122 e. The molecule has 0 amide bonds. The van der Waals surface area contributed by atoms with Gasteiger partial charge in [-0.25, -0.2) is 0 Å². The Morgan fingerprint density at radius 1 is 1.22 bits per heavy atom. The van der Waals surface area contributed by atoms with Crippen LogP contribution in [0.15, 0.2) is 12.1 Å². The van der Waals surface area contributed by atoms with E-state index in [-0.39, 0.29) is 0 Å². The second-order valence-electron chi connectivity index (χ2n) is 5.69. The van der Waals surface area contributed by atoms with Crippen molar-refractivity contribution in [1.82, 2.24) is 0 Å². The second kappa shape index (κ2) is 5.64. The van der Waals surface area contributed by atoms with Crippen LogP contribution in [0.2, 0.25) is 0 Å². The van der Waals surface area contributed by atoms with E-state index in [0.29, 0.717) is 12.0 Å². The van der Waals surface area contributed by atoms with E-state index in [1.807, 2.05) is 0 Å². The van der Waals surface area contributed by atoms with Crippen LogP contribution in [-0.2, 0) is 0 Å². The van der Waals surface area contributed by atoms with Gasteiger partial charge in [-0.1, -0.05) is 26.7 Å². The highest BCUT2D eigenvalue weighted by atomic mass is 16.5. The van der Waals surface area contributed by atoms with E-state index in [0.717, 1.165) is 5.75 Å². The third-order valence-electron chi connectivity index (χ3n) is 3.91. The highest BCUT2D eigenvalue weighted by molar-refractivity contribution is 5.58. The summed E-state index contributed by atoms with van der Waals surface area (Å²) in [5.41, 5.74) is 3.86. The third kappa shape index (κ3) is 2.80. The van der Waals surface area contributed by atoms with E-state index in [1.165, 1.54) is 42.5 Å². The van der Waals surface area contributed by atoms with Gasteiger partial charge in [-0.15, -0.1) is 0 Å². The summed E-state index contributed by atoms with van der Waals surface area (Å²) in [7, 11) is 1.75. The van der Waals surface area contributed by atoms with Crippen LogP contribution in [0, 0.1) is 6.92 Å². The standard InChI is InChI=1S/C16H25NO/c1-11(2)14-10-15(12(3)9-16(14)18-4)17-13-7-5-6-8-13/h9-11,13,17H,5-8H2,1-4H3. The van der Waals surface area contributed by atoms with Gasteiger partial charge in [0, 0.05) is 11.7 Å². The van der Waals surface area contributed by atoms with Crippen molar-refractivity contribution >= 4 is 5.69 Å². The Balaban J connectivity index is 2.26. The van der Waals surface area contributed by atoms with Crippen LogP contribution in [0.25, 0.3) is 0 Å². The number of ether oxygens (including phenoxy) is 1. The minimum absolute atomic E-state index is 0.490. The lowest BCUT2D eigenvalue weighted by atomic mass is 9.98. The molecule has 1 aliphatic rings. The molecule has 1 N–H and O–H groups in total. The largest absolute Gasteiger partial charge is 0.496 e. The van der Waals surface area contributed by atoms with Crippen LogP contribution in [-0.4, -0.2) is 13.2 Å². The normalized spacial score (nSPS) is 16.3. The molecule has 0 saturated heterocycles. The van der Waals surface area contributed by atoms with Crippen LogP contribution in [0.1, 0.15) is 56.6 Å². The zero-order valence-corrected chi connectivity index (χ0v) is 12.0. The highest BCUT2D eigenvalue weighted by Gasteiger charge is 2.17. The van der Waals surface area contributed by atoms with Gasteiger partial charge in [-0.2, -0.15) is 0 Å². The van der Waals surface area contributed by atoms with Gasteiger partial charge in [0.25, 0.3) is 0 Å². The number of rotatable bonds is 4. The summed E-state index contributed by atoms with van der Waals surface area (Å²) in [6, 6.07) is 5.10. The maximum Gasteiger partial charge on any atom is 0.122 e. The van der Waals surface area contributed by atoms with Gasteiger partial charge in [0.1, 0.15) is 5.75 Å². The monoisotopic (exact) mass is 247 g/mol. The molecule has 1 aromatic carbocycles. The maximum absolute atomic E-state index is 5.48. The van der Waals surface area contributed by atoms with Gasteiger partial charge >= 0.3 is 0 Å². The molecular weight excluding hydrogens is 222 g/mol. The zero-order chi connectivity index (χ0) is 13.1. The van der Waals surface area contributed by atoms with Crippen molar-refractivity contribution < 1.29 is 4.74 Å². The number of hydrogen-bond donors (Lipinski definition) is 1. The molecule has 0 aromatic heterocycles. The summed E-state index contributed by atoms with van der Waals surface area (Å²) < 4.78 is 5.48. The Kier molecular flexibility index (Phi) is 4.15. The average Bonchev–Trinajstić information content (AvgIpc) is 2.83. The predicted molar refractivity (Wildman–Crippen MR) is 77.7 cm³/mol. The molecular formula is C16H25NO. The average molecular weight is 247 g/mol. The predicted octanol–water partition coefficient (Wildman–Crippen LogP) is 4.48. The molecule has 1 saturated carbocycles. The van der Waals surface area contributed by atoms with Crippen molar-refractivity contribution in [1.29, 1.82) is 0 Å². The molecule has 0 aliphatic heterocycles. The summed E-state index contributed by atoms with van der Waals surface area (Å²) in [5, 5.41) is 3.70. The fourth-order valence-electron chi connectivity index (χ4n) is 2.77. The molecule has 1 aliphatic carbocycles. The lowest BCUT2D eigenvalue weighted by molar-refractivity contribution is 0.407. The van der Waals surface area contributed by atoms with Gasteiger partial charge < -0.3 is 10.1 Å². The van der Waals surface area contributed by atoms with Crippen molar-refractivity contribution in [3.05, 3.63) is 23.3 Å². The van der Waals surface area contributed by atoms with Crippen molar-refractivity contribution in [2.24, 2.45) is 0 Å². The zero-order valence-electron chi connectivity index (χ0n) is 12.0. The van der Waals surface area contributed by atoms with Crippen LogP contribution in [0.4, 0.5) is 5.69 Å². The minimum Gasteiger partial charge on any atom is -0.496 e.